The molecule has 3 rings (SSSR count). The Hall–Kier alpha value is -3.59. The Morgan fingerprint density at radius 3 is 1.96 bits per heavy atom. The van der Waals surface area contributed by atoms with Crippen molar-refractivity contribution in [3.05, 3.63) is 86.3 Å². The maximum atomic E-state index is 10.7. The Morgan fingerprint density at radius 1 is 0.920 bits per heavy atom. The van der Waals surface area contributed by atoms with Gasteiger partial charge in [-0.05, 0) is 29.8 Å². The summed E-state index contributed by atoms with van der Waals surface area (Å²) >= 11 is 0. The molecular weight excluding hydrogens is 328 g/mol. The van der Waals surface area contributed by atoms with Crippen LogP contribution in [0.25, 0.3) is 11.3 Å². The molecule has 0 fully saturated rings. The summed E-state index contributed by atoms with van der Waals surface area (Å²) in [5.41, 5.74) is 1.64. The minimum atomic E-state index is -1.08. The van der Waals surface area contributed by atoms with Gasteiger partial charge in [-0.15, -0.1) is 0 Å². The number of hydrogen-bond acceptors (Lipinski definition) is 6. The van der Waals surface area contributed by atoms with Crippen LogP contribution in [0.1, 0.15) is 17.5 Å². The van der Waals surface area contributed by atoms with Crippen molar-refractivity contribution in [2.75, 3.05) is 0 Å². The van der Waals surface area contributed by atoms with Crippen molar-refractivity contribution >= 4 is 11.4 Å². The molecule has 126 valence electrons. The third kappa shape index (κ3) is 3.35. The number of nitro benzene ring substituents is 2. The molecule has 3 aromatic rings. The van der Waals surface area contributed by atoms with Crippen molar-refractivity contribution in [1.29, 1.82) is 0 Å². The van der Waals surface area contributed by atoms with E-state index in [-0.39, 0.29) is 17.2 Å². The molecule has 1 aromatic heterocycles. The van der Waals surface area contributed by atoms with Crippen molar-refractivity contribution < 1.29 is 15.0 Å². The summed E-state index contributed by atoms with van der Waals surface area (Å²) in [6.07, 6.45) is 0.429. The molecule has 0 saturated carbocycles. The van der Waals surface area contributed by atoms with Crippen molar-refractivity contribution in [1.82, 2.24) is 9.97 Å². The SMILES string of the molecule is O=[N+]([O-])c1ccc(-c2cnc([C@@H](O)c3ccc([N+](=O)[O-])cc3)[nH]2)cc1. The smallest absolute Gasteiger partial charge is 0.269 e. The van der Waals surface area contributed by atoms with Gasteiger partial charge in [0.05, 0.1) is 21.7 Å². The molecule has 0 saturated heterocycles. The Balaban J connectivity index is 1.82. The van der Waals surface area contributed by atoms with Gasteiger partial charge in [0.15, 0.2) is 0 Å². The normalized spacial score (nSPS) is 11.9. The molecule has 0 aliphatic heterocycles. The minimum absolute atomic E-state index is 0.0191. The molecular formula is C16H12N4O5. The van der Waals surface area contributed by atoms with E-state index in [4.69, 9.17) is 0 Å². The summed E-state index contributed by atoms with van der Waals surface area (Å²) in [4.78, 5) is 27.4. The van der Waals surface area contributed by atoms with E-state index in [2.05, 4.69) is 9.97 Å². The summed E-state index contributed by atoms with van der Waals surface area (Å²) in [5.74, 6) is 0.266. The molecule has 2 aromatic carbocycles. The number of H-pyrrole nitrogens is 1. The van der Waals surface area contributed by atoms with E-state index >= 15 is 0 Å². The Morgan fingerprint density at radius 2 is 1.44 bits per heavy atom. The summed E-state index contributed by atoms with van der Waals surface area (Å²) in [7, 11) is 0. The molecule has 0 amide bonds. The minimum Gasteiger partial charge on any atom is -0.380 e. The van der Waals surface area contributed by atoms with Crippen LogP contribution in [0.4, 0.5) is 11.4 Å². The van der Waals surface area contributed by atoms with Crippen LogP contribution in [0, 0.1) is 20.2 Å². The molecule has 2 N–H and O–H groups in total. The molecule has 0 aliphatic carbocycles. The van der Waals surface area contributed by atoms with Gasteiger partial charge in [-0.2, -0.15) is 0 Å². The summed E-state index contributed by atoms with van der Waals surface area (Å²) in [6.45, 7) is 0. The van der Waals surface area contributed by atoms with Crippen LogP contribution in [0.3, 0.4) is 0 Å². The van der Waals surface area contributed by atoms with Gasteiger partial charge < -0.3 is 10.1 Å². The van der Waals surface area contributed by atoms with E-state index in [9.17, 15) is 25.3 Å². The first kappa shape index (κ1) is 16.3. The number of nitrogens with one attached hydrogen (secondary N) is 1. The number of imidazole rings is 1. The quantitative estimate of drug-likeness (QED) is 0.541. The lowest BCUT2D eigenvalue weighted by atomic mass is 10.1. The molecule has 0 bridgehead atoms. The van der Waals surface area contributed by atoms with E-state index in [0.29, 0.717) is 16.8 Å². The molecule has 0 radical (unpaired) electrons. The molecule has 0 unspecified atom stereocenters. The predicted octanol–water partition coefficient (Wildman–Crippen LogP) is 2.97. The second-order valence-corrected chi connectivity index (χ2v) is 5.24. The monoisotopic (exact) mass is 340 g/mol. The first-order chi connectivity index (χ1) is 12.0. The third-order valence-corrected chi connectivity index (χ3v) is 3.66. The number of rotatable bonds is 5. The van der Waals surface area contributed by atoms with E-state index in [1.165, 1.54) is 42.6 Å². The standard InChI is InChI=1S/C16H12N4O5/c21-15(11-3-7-13(8-4-11)20(24)25)16-17-9-14(18-16)10-1-5-12(6-2-10)19(22)23/h1-9,15,21H,(H,17,18)/t15-/m0/s1. The number of aliphatic hydroxyl groups excluding tert-OH is 1. The van der Waals surface area contributed by atoms with Crippen molar-refractivity contribution in [2.45, 2.75) is 6.10 Å². The lowest BCUT2D eigenvalue weighted by molar-refractivity contribution is -0.385. The van der Waals surface area contributed by atoms with Gasteiger partial charge in [0, 0.05) is 29.8 Å². The molecule has 1 heterocycles. The highest BCUT2D eigenvalue weighted by molar-refractivity contribution is 5.60. The summed E-state index contributed by atoms with van der Waals surface area (Å²) in [5, 5.41) is 31.7. The third-order valence-electron chi connectivity index (χ3n) is 3.66. The molecule has 9 heteroatoms. The molecule has 25 heavy (non-hydrogen) atoms. The summed E-state index contributed by atoms with van der Waals surface area (Å²) < 4.78 is 0. The highest BCUT2D eigenvalue weighted by Gasteiger charge is 2.16. The second kappa shape index (κ2) is 6.49. The number of nitro groups is 2. The van der Waals surface area contributed by atoms with Crippen LogP contribution in [0.2, 0.25) is 0 Å². The zero-order chi connectivity index (χ0) is 18.0. The lowest BCUT2D eigenvalue weighted by Crippen LogP contribution is -2.02. The van der Waals surface area contributed by atoms with E-state index in [1.807, 2.05) is 0 Å². The van der Waals surface area contributed by atoms with E-state index in [1.54, 1.807) is 12.1 Å². The largest absolute Gasteiger partial charge is 0.380 e. The fraction of sp³-hybridized carbons (Fsp3) is 0.0625. The second-order valence-electron chi connectivity index (χ2n) is 5.24. The van der Waals surface area contributed by atoms with E-state index < -0.39 is 16.0 Å². The Labute approximate surface area is 140 Å². The van der Waals surface area contributed by atoms with Crippen LogP contribution in [-0.2, 0) is 0 Å². The number of non-ortho nitro benzene ring substituents is 2. The van der Waals surface area contributed by atoms with Gasteiger partial charge in [-0.3, -0.25) is 20.2 Å². The van der Waals surface area contributed by atoms with Gasteiger partial charge in [-0.25, -0.2) is 4.98 Å². The van der Waals surface area contributed by atoms with Crippen LogP contribution >= 0.6 is 0 Å². The fourth-order valence-corrected chi connectivity index (χ4v) is 2.32. The number of aliphatic hydroxyl groups is 1. The van der Waals surface area contributed by atoms with Crippen molar-refractivity contribution in [3.8, 4) is 11.3 Å². The Kier molecular flexibility index (Phi) is 4.23. The lowest BCUT2D eigenvalue weighted by Gasteiger charge is -2.07. The average molecular weight is 340 g/mol. The number of nitrogens with zero attached hydrogens (tertiary/aromatic N) is 3. The molecule has 9 nitrogen and oxygen atoms in total. The van der Waals surface area contributed by atoms with Crippen LogP contribution < -0.4 is 0 Å². The number of aromatic nitrogens is 2. The van der Waals surface area contributed by atoms with Gasteiger partial charge in [-0.1, -0.05) is 0 Å². The van der Waals surface area contributed by atoms with Crippen LogP contribution in [0.15, 0.2) is 54.7 Å². The number of hydrogen-bond donors (Lipinski definition) is 2. The first-order valence-electron chi connectivity index (χ1n) is 7.18. The average Bonchev–Trinajstić information content (AvgIpc) is 3.11. The number of benzene rings is 2. The predicted molar refractivity (Wildman–Crippen MR) is 87.8 cm³/mol. The van der Waals surface area contributed by atoms with Gasteiger partial charge in [0.1, 0.15) is 11.9 Å². The van der Waals surface area contributed by atoms with Crippen molar-refractivity contribution in [3.63, 3.8) is 0 Å². The zero-order valence-electron chi connectivity index (χ0n) is 12.7. The first-order valence-corrected chi connectivity index (χ1v) is 7.18. The maximum absolute atomic E-state index is 10.7. The molecule has 0 spiro atoms. The fourth-order valence-electron chi connectivity index (χ4n) is 2.32. The van der Waals surface area contributed by atoms with Crippen molar-refractivity contribution in [2.24, 2.45) is 0 Å². The van der Waals surface area contributed by atoms with Gasteiger partial charge >= 0.3 is 0 Å². The van der Waals surface area contributed by atoms with E-state index in [0.717, 1.165) is 0 Å². The molecule has 1 atom stereocenters. The Bertz CT molecular complexity index is 918. The highest BCUT2D eigenvalue weighted by Crippen LogP contribution is 2.25. The zero-order valence-corrected chi connectivity index (χ0v) is 12.7. The van der Waals surface area contributed by atoms with Crippen LogP contribution in [-0.4, -0.2) is 24.9 Å². The topological polar surface area (TPSA) is 135 Å². The molecule has 0 aliphatic rings. The maximum Gasteiger partial charge on any atom is 0.269 e. The van der Waals surface area contributed by atoms with Gasteiger partial charge in [0.25, 0.3) is 11.4 Å². The van der Waals surface area contributed by atoms with Gasteiger partial charge in [0.2, 0.25) is 0 Å². The van der Waals surface area contributed by atoms with Crippen LogP contribution in [0.5, 0.6) is 0 Å². The number of aromatic amines is 1. The summed E-state index contributed by atoms with van der Waals surface area (Å²) in [6, 6.07) is 11.4. The highest BCUT2D eigenvalue weighted by atomic mass is 16.6.